The first-order chi connectivity index (χ1) is 19.1. The molecule has 1 aromatic heterocycles. The number of esters is 1. The third-order valence-corrected chi connectivity index (χ3v) is 5.57. The highest BCUT2D eigenvalue weighted by Crippen LogP contribution is 2.24. The number of benzene rings is 3. The molecule has 0 saturated heterocycles. The number of aromatic nitrogens is 1. The van der Waals surface area contributed by atoms with Crippen LogP contribution in [0.3, 0.4) is 0 Å². The minimum atomic E-state index is -1.25. The van der Waals surface area contributed by atoms with Gasteiger partial charge in [0.05, 0.1) is 23.2 Å². The molecule has 4 aromatic rings. The average molecular weight is 542 g/mol. The number of carbonyl (C=O) groups is 4. The monoisotopic (exact) mass is 541 g/mol. The summed E-state index contributed by atoms with van der Waals surface area (Å²) in [5.41, 5.74) is 12.5. The van der Waals surface area contributed by atoms with Gasteiger partial charge in [-0.1, -0.05) is 18.2 Å². The van der Waals surface area contributed by atoms with E-state index in [9.17, 15) is 24.3 Å². The molecule has 4 rings (SSSR count). The van der Waals surface area contributed by atoms with Crippen LogP contribution in [0.5, 0.6) is 5.75 Å². The molecule has 3 aromatic carbocycles. The number of rotatable bonds is 9. The Bertz CT molecular complexity index is 1650. The van der Waals surface area contributed by atoms with Crippen molar-refractivity contribution in [2.45, 2.75) is 6.42 Å². The van der Waals surface area contributed by atoms with Crippen molar-refractivity contribution < 1.29 is 34.1 Å². The zero-order valence-corrected chi connectivity index (χ0v) is 20.9. The molecule has 0 fully saturated rings. The van der Waals surface area contributed by atoms with Crippen molar-refractivity contribution in [1.82, 2.24) is 4.98 Å². The average Bonchev–Trinajstić information content (AvgIpc) is 2.91. The summed E-state index contributed by atoms with van der Waals surface area (Å²) in [6, 6.07) is 19.9. The molecular formula is C28H23N5O7. The summed E-state index contributed by atoms with van der Waals surface area (Å²) >= 11 is 0. The predicted octanol–water partition coefficient (Wildman–Crippen LogP) is 2.72. The number of anilines is 1. The van der Waals surface area contributed by atoms with Gasteiger partial charge in [0, 0.05) is 11.1 Å². The maximum Gasteiger partial charge on any atom is 0.343 e. The summed E-state index contributed by atoms with van der Waals surface area (Å²) in [7, 11) is 0. The molecule has 0 spiro atoms. The standard InChI is InChI=1S/C28H23N5O7/c29-28(30)31-19-7-4-17(5-8-19)27(39)40-21-9-11-22-18(14-21)6-10-23(32-22)26(38)33(15-25(36)37)20-3-1-2-16(12-20)13-24(34)35/h1-12,14H,13,15H2,(H,34,35)(H,36,37)(H4,29,30,31). The summed E-state index contributed by atoms with van der Waals surface area (Å²) in [6.07, 6.45) is -0.284. The molecule has 1 heterocycles. The van der Waals surface area contributed by atoms with Crippen LogP contribution < -0.4 is 21.1 Å². The number of hydrogen-bond acceptors (Lipinski definition) is 7. The number of ether oxygens (including phenoxy) is 1. The Balaban J connectivity index is 1.55. The third kappa shape index (κ3) is 6.75. The Kier molecular flexibility index (Phi) is 7.99. The van der Waals surface area contributed by atoms with E-state index in [0.29, 0.717) is 22.2 Å². The fourth-order valence-corrected chi connectivity index (χ4v) is 3.84. The number of carbonyl (C=O) groups excluding carboxylic acids is 2. The number of aliphatic imine (C=N–C) groups is 1. The van der Waals surface area contributed by atoms with Crippen LogP contribution >= 0.6 is 0 Å². The maximum absolute atomic E-state index is 13.3. The van der Waals surface area contributed by atoms with Gasteiger partial charge >= 0.3 is 17.9 Å². The number of nitrogens with zero attached hydrogens (tertiary/aromatic N) is 3. The van der Waals surface area contributed by atoms with E-state index < -0.39 is 30.4 Å². The Morgan fingerprint density at radius 2 is 1.62 bits per heavy atom. The Morgan fingerprint density at radius 3 is 2.30 bits per heavy atom. The number of pyridine rings is 1. The van der Waals surface area contributed by atoms with E-state index in [4.69, 9.17) is 21.3 Å². The molecule has 0 bridgehead atoms. The smallest absolute Gasteiger partial charge is 0.343 e. The van der Waals surface area contributed by atoms with Crippen LogP contribution in [-0.2, 0) is 16.0 Å². The number of nitrogens with two attached hydrogens (primary N) is 2. The topological polar surface area (TPSA) is 198 Å². The molecule has 40 heavy (non-hydrogen) atoms. The molecule has 6 N–H and O–H groups in total. The first kappa shape index (κ1) is 27.3. The van der Waals surface area contributed by atoms with Gasteiger partial charge in [-0.25, -0.2) is 14.8 Å². The van der Waals surface area contributed by atoms with E-state index in [1.54, 1.807) is 42.5 Å². The van der Waals surface area contributed by atoms with Crippen LogP contribution in [0, 0.1) is 0 Å². The van der Waals surface area contributed by atoms with Gasteiger partial charge < -0.3 is 26.4 Å². The zero-order valence-electron chi connectivity index (χ0n) is 20.9. The molecule has 202 valence electrons. The first-order valence-corrected chi connectivity index (χ1v) is 11.8. The van der Waals surface area contributed by atoms with Crippen LogP contribution in [0.15, 0.2) is 83.9 Å². The van der Waals surface area contributed by atoms with Gasteiger partial charge in [0.1, 0.15) is 18.0 Å². The Hall–Kier alpha value is -5.78. The van der Waals surface area contributed by atoms with Crippen LogP contribution in [0.25, 0.3) is 10.9 Å². The molecule has 0 atom stereocenters. The summed E-state index contributed by atoms with van der Waals surface area (Å²) in [5, 5.41) is 19.0. The van der Waals surface area contributed by atoms with Crippen molar-refractivity contribution in [2.75, 3.05) is 11.4 Å². The van der Waals surface area contributed by atoms with Crippen molar-refractivity contribution in [1.29, 1.82) is 0 Å². The van der Waals surface area contributed by atoms with Crippen molar-refractivity contribution in [3.63, 3.8) is 0 Å². The van der Waals surface area contributed by atoms with Crippen LogP contribution in [-0.4, -0.2) is 51.5 Å². The number of carboxylic acid groups (broad SMARTS) is 2. The summed E-state index contributed by atoms with van der Waals surface area (Å²) in [4.78, 5) is 57.7. The van der Waals surface area contributed by atoms with E-state index >= 15 is 0 Å². The van der Waals surface area contributed by atoms with Crippen LogP contribution in [0.1, 0.15) is 26.4 Å². The van der Waals surface area contributed by atoms with E-state index in [1.165, 1.54) is 36.4 Å². The van der Waals surface area contributed by atoms with Gasteiger partial charge in [-0.3, -0.25) is 19.3 Å². The fourth-order valence-electron chi connectivity index (χ4n) is 3.84. The van der Waals surface area contributed by atoms with Crippen LogP contribution in [0.4, 0.5) is 11.4 Å². The molecule has 0 aliphatic heterocycles. The molecule has 0 radical (unpaired) electrons. The lowest BCUT2D eigenvalue weighted by Gasteiger charge is -2.21. The van der Waals surface area contributed by atoms with E-state index in [-0.39, 0.29) is 35.1 Å². The minimum absolute atomic E-state index is 0.0250. The van der Waals surface area contributed by atoms with E-state index in [2.05, 4.69) is 9.98 Å². The van der Waals surface area contributed by atoms with Gasteiger partial charge in [-0.05, 0) is 66.2 Å². The van der Waals surface area contributed by atoms with Gasteiger partial charge in [0.25, 0.3) is 5.91 Å². The summed E-state index contributed by atoms with van der Waals surface area (Å²) in [6.45, 7) is -0.656. The quantitative estimate of drug-likeness (QED) is 0.106. The number of guanidine groups is 1. The fraction of sp³-hybridized carbons (Fsp3) is 0.0714. The van der Waals surface area contributed by atoms with Gasteiger partial charge in [0.2, 0.25) is 0 Å². The molecule has 0 unspecified atom stereocenters. The molecule has 12 heteroatoms. The normalized spacial score (nSPS) is 10.5. The largest absolute Gasteiger partial charge is 0.481 e. The highest BCUT2D eigenvalue weighted by molar-refractivity contribution is 6.08. The van der Waals surface area contributed by atoms with Crippen molar-refractivity contribution in [3.05, 3.63) is 95.7 Å². The number of amides is 1. The zero-order chi connectivity index (χ0) is 28.8. The molecular weight excluding hydrogens is 518 g/mol. The summed E-state index contributed by atoms with van der Waals surface area (Å²) in [5.74, 6) is -3.47. The van der Waals surface area contributed by atoms with Gasteiger partial charge in [0.15, 0.2) is 5.96 Å². The highest BCUT2D eigenvalue weighted by Gasteiger charge is 2.22. The number of carboxylic acids is 2. The second-order valence-electron chi connectivity index (χ2n) is 8.55. The highest BCUT2D eigenvalue weighted by atomic mass is 16.5. The van der Waals surface area contributed by atoms with E-state index in [0.717, 1.165) is 4.90 Å². The lowest BCUT2D eigenvalue weighted by molar-refractivity contribution is -0.136. The summed E-state index contributed by atoms with van der Waals surface area (Å²) < 4.78 is 5.45. The number of hydrogen-bond donors (Lipinski definition) is 4. The molecule has 12 nitrogen and oxygen atoms in total. The minimum Gasteiger partial charge on any atom is -0.481 e. The van der Waals surface area contributed by atoms with Gasteiger partial charge in [-0.2, -0.15) is 0 Å². The lowest BCUT2D eigenvalue weighted by Crippen LogP contribution is -2.36. The second-order valence-corrected chi connectivity index (χ2v) is 8.55. The first-order valence-electron chi connectivity index (χ1n) is 11.8. The molecule has 0 aliphatic rings. The maximum atomic E-state index is 13.3. The Morgan fingerprint density at radius 1 is 0.875 bits per heavy atom. The Labute approximate surface area is 227 Å². The third-order valence-electron chi connectivity index (χ3n) is 5.57. The van der Waals surface area contributed by atoms with Crippen LogP contribution in [0.2, 0.25) is 0 Å². The predicted molar refractivity (Wildman–Crippen MR) is 146 cm³/mol. The van der Waals surface area contributed by atoms with Gasteiger partial charge in [-0.15, -0.1) is 0 Å². The van der Waals surface area contributed by atoms with E-state index in [1.807, 2.05) is 0 Å². The van der Waals surface area contributed by atoms with Crippen molar-refractivity contribution in [3.8, 4) is 5.75 Å². The number of aliphatic carboxylic acids is 2. The number of fused-ring (bicyclic) bond motifs is 1. The van der Waals surface area contributed by atoms with Crippen molar-refractivity contribution in [2.24, 2.45) is 16.5 Å². The molecule has 1 amide bonds. The van der Waals surface area contributed by atoms with Crippen molar-refractivity contribution >= 4 is 52.1 Å². The molecule has 0 aliphatic carbocycles. The second kappa shape index (κ2) is 11.7. The molecule has 0 saturated carbocycles. The SMILES string of the molecule is NC(N)=Nc1ccc(C(=O)Oc2ccc3nc(C(=O)N(CC(=O)O)c4cccc(CC(=O)O)c4)ccc3c2)cc1. The lowest BCUT2D eigenvalue weighted by atomic mass is 10.1.